The first-order chi connectivity index (χ1) is 3.18. The highest BCUT2D eigenvalue weighted by molar-refractivity contribution is 5.79. The van der Waals surface area contributed by atoms with Gasteiger partial charge >= 0.3 is 0 Å². The Hall–Kier alpha value is -0.330. The van der Waals surface area contributed by atoms with E-state index in [9.17, 15) is 4.79 Å². The number of carbonyl (C=O) groups excluding carboxylic acids is 1. The molecule has 0 saturated carbocycles. The molecule has 0 N–H and O–H groups in total. The van der Waals surface area contributed by atoms with Crippen molar-refractivity contribution in [1.82, 2.24) is 0 Å². The summed E-state index contributed by atoms with van der Waals surface area (Å²) in [6, 6.07) is 0. The van der Waals surface area contributed by atoms with Gasteiger partial charge in [0.1, 0.15) is 5.78 Å². The van der Waals surface area contributed by atoms with Gasteiger partial charge in [-0.3, -0.25) is 4.79 Å². The molecule has 0 aliphatic heterocycles. The fourth-order valence-electron chi connectivity index (χ4n) is 0.408. The zero-order valence-electron chi connectivity index (χ0n) is 5.19. The van der Waals surface area contributed by atoms with Crippen molar-refractivity contribution < 1.29 is 4.79 Å². The van der Waals surface area contributed by atoms with Gasteiger partial charge < -0.3 is 0 Å². The van der Waals surface area contributed by atoms with Crippen LogP contribution in [-0.2, 0) is 4.79 Å². The summed E-state index contributed by atoms with van der Waals surface area (Å²) in [6.45, 7) is 5.74. The van der Waals surface area contributed by atoms with Crippen molar-refractivity contribution >= 4 is 5.78 Å². The molecule has 42 valence electrons. The number of rotatable bonds is 2. The summed E-state index contributed by atoms with van der Waals surface area (Å²) in [5, 5.41) is 0. The molecule has 0 saturated heterocycles. The molecule has 0 unspecified atom stereocenters. The third kappa shape index (κ3) is 2.38. The lowest BCUT2D eigenvalue weighted by atomic mass is 10.1. The smallest absolute Gasteiger partial charge is 0.135 e. The highest BCUT2D eigenvalue weighted by atomic mass is 16.1. The Morgan fingerprint density at radius 3 is 2.00 bits per heavy atom. The number of ketones is 1. The molecule has 0 fully saturated rings. The molecule has 0 radical (unpaired) electrons. The second-order valence-electron chi connectivity index (χ2n) is 1.97. The Morgan fingerprint density at radius 2 is 2.00 bits per heavy atom. The molecule has 0 aromatic rings. The predicted octanol–water partition coefficient (Wildman–Crippen LogP) is 1.62. The van der Waals surface area contributed by atoms with E-state index in [4.69, 9.17) is 0 Å². The van der Waals surface area contributed by atoms with Crippen LogP contribution < -0.4 is 0 Å². The topological polar surface area (TPSA) is 17.1 Å². The Bertz CT molecular complexity index is 64.6. The Morgan fingerprint density at radius 1 is 1.57 bits per heavy atom. The van der Waals surface area contributed by atoms with Crippen LogP contribution in [0.4, 0.5) is 0 Å². The molecule has 1 heteroatoms. The third-order valence-corrected chi connectivity index (χ3v) is 0.992. The SMILES string of the molecule is CCC(=O)C(C)C. The van der Waals surface area contributed by atoms with Crippen molar-refractivity contribution in [3.8, 4) is 0 Å². The summed E-state index contributed by atoms with van der Waals surface area (Å²) in [4.78, 5) is 10.5. The molecule has 0 atom stereocenters. The lowest BCUT2D eigenvalue weighted by Gasteiger charge is -1.96. The molecule has 0 aromatic carbocycles. The van der Waals surface area contributed by atoms with Gasteiger partial charge in [0.25, 0.3) is 0 Å². The summed E-state index contributed by atoms with van der Waals surface area (Å²) >= 11 is 0. The van der Waals surface area contributed by atoms with E-state index in [0.717, 1.165) is 0 Å². The molecule has 0 spiro atoms. The highest BCUT2D eigenvalue weighted by Crippen LogP contribution is 1.95. The largest absolute Gasteiger partial charge is 0.299 e. The van der Waals surface area contributed by atoms with Crippen LogP contribution >= 0.6 is 0 Å². The molecule has 0 aliphatic carbocycles. The first-order valence-electron chi connectivity index (χ1n) is 2.71. The maximum Gasteiger partial charge on any atom is 0.135 e. The molecular formula is C6H12O. The first-order valence-corrected chi connectivity index (χ1v) is 2.71. The standard InChI is InChI=1S/C6H12O/c1-4-6(7)5(2)3/h5H,4H2,1-3H3. The summed E-state index contributed by atoms with van der Waals surface area (Å²) in [7, 11) is 0. The summed E-state index contributed by atoms with van der Waals surface area (Å²) in [5.74, 6) is 0.574. The molecule has 0 rings (SSSR count). The monoisotopic (exact) mass is 100 g/mol. The van der Waals surface area contributed by atoms with E-state index in [1.807, 2.05) is 20.8 Å². The van der Waals surface area contributed by atoms with Crippen molar-refractivity contribution in [3.63, 3.8) is 0 Å². The van der Waals surface area contributed by atoms with Gasteiger partial charge in [0.2, 0.25) is 0 Å². The minimum absolute atomic E-state index is 0.227. The Balaban J connectivity index is 3.35. The van der Waals surface area contributed by atoms with Crippen LogP contribution in [0.3, 0.4) is 0 Å². The Kier molecular flexibility index (Phi) is 2.65. The van der Waals surface area contributed by atoms with Crippen molar-refractivity contribution in [3.05, 3.63) is 0 Å². The summed E-state index contributed by atoms with van der Waals surface area (Å²) in [5.41, 5.74) is 0. The fourth-order valence-corrected chi connectivity index (χ4v) is 0.408. The van der Waals surface area contributed by atoms with Crippen LogP contribution in [-0.4, -0.2) is 5.78 Å². The normalized spacial score (nSPS) is 9.71. The third-order valence-electron chi connectivity index (χ3n) is 0.992. The molecule has 0 amide bonds. The number of carbonyl (C=O) groups is 1. The van der Waals surface area contributed by atoms with Crippen molar-refractivity contribution in [2.75, 3.05) is 0 Å². The van der Waals surface area contributed by atoms with Gasteiger partial charge in [0.15, 0.2) is 0 Å². The van der Waals surface area contributed by atoms with Crippen molar-refractivity contribution in [2.45, 2.75) is 27.2 Å². The quantitative estimate of drug-likeness (QED) is 0.515. The molecule has 7 heavy (non-hydrogen) atoms. The molecule has 0 heterocycles. The van der Waals surface area contributed by atoms with Crippen LogP contribution in [0.25, 0.3) is 0 Å². The molecule has 0 aromatic heterocycles. The number of Topliss-reactive ketones (excluding diaryl/α,β-unsaturated/α-hetero) is 1. The highest BCUT2D eigenvalue weighted by Gasteiger charge is 2.00. The van der Waals surface area contributed by atoms with Crippen LogP contribution in [0.15, 0.2) is 0 Å². The average Bonchev–Trinajstić information content (AvgIpc) is 1.65. The van der Waals surface area contributed by atoms with E-state index in [1.165, 1.54) is 0 Å². The van der Waals surface area contributed by atoms with Gasteiger partial charge in [0.05, 0.1) is 0 Å². The van der Waals surface area contributed by atoms with Gasteiger partial charge in [-0.15, -0.1) is 0 Å². The van der Waals surface area contributed by atoms with Gasteiger partial charge in [-0.2, -0.15) is 0 Å². The van der Waals surface area contributed by atoms with Crippen molar-refractivity contribution in [2.24, 2.45) is 5.92 Å². The lowest BCUT2D eigenvalue weighted by Crippen LogP contribution is -2.03. The van der Waals surface area contributed by atoms with E-state index < -0.39 is 0 Å². The van der Waals surface area contributed by atoms with Crippen LogP contribution in [0.2, 0.25) is 0 Å². The zero-order valence-corrected chi connectivity index (χ0v) is 5.19. The molecule has 0 aliphatic rings. The first kappa shape index (κ1) is 6.67. The van der Waals surface area contributed by atoms with Crippen molar-refractivity contribution in [1.29, 1.82) is 0 Å². The van der Waals surface area contributed by atoms with E-state index in [0.29, 0.717) is 12.2 Å². The van der Waals surface area contributed by atoms with Crippen LogP contribution in [0, 0.1) is 5.92 Å². The number of hydrogen-bond donors (Lipinski definition) is 0. The lowest BCUT2D eigenvalue weighted by molar-refractivity contribution is -0.121. The maximum atomic E-state index is 10.5. The maximum absolute atomic E-state index is 10.5. The second kappa shape index (κ2) is 2.78. The van der Waals surface area contributed by atoms with E-state index in [1.54, 1.807) is 0 Å². The molecular weight excluding hydrogens is 88.1 g/mol. The van der Waals surface area contributed by atoms with Crippen LogP contribution in [0.1, 0.15) is 27.2 Å². The molecule has 0 bridgehead atoms. The minimum atomic E-state index is 0.227. The van der Waals surface area contributed by atoms with Gasteiger partial charge in [0, 0.05) is 12.3 Å². The van der Waals surface area contributed by atoms with E-state index in [2.05, 4.69) is 0 Å². The Labute approximate surface area is 44.7 Å². The van der Waals surface area contributed by atoms with E-state index >= 15 is 0 Å². The van der Waals surface area contributed by atoms with Gasteiger partial charge in [-0.05, 0) is 0 Å². The van der Waals surface area contributed by atoms with Gasteiger partial charge in [-0.1, -0.05) is 20.8 Å². The summed E-state index contributed by atoms with van der Waals surface area (Å²) in [6.07, 6.45) is 0.678. The van der Waals surface area contributed by atoms with Gasteiger partial charge in [-0.25, -0.2) is 0 Å². The molecule has 1 nitrogen and oxygen atoms in total. The average molecular weight is 100 g/mol. The number of hydrogen-bond acceptors (Lipinski definition) is 1. The zero-order chi connectivity index (χ0) is 5.86. The summed E-state index contributed by atoms with van der Waals surface area (Å²) < 4.78 is 0. The second-order valence-corrected chi connectivity index (χ2v) is 1.97. The van der Waals surface area contributed by atoms with Crippen LogP contribution in [0.5, 0.6) is 0 Å². The predicted molar refractivity (Wildman–Crippen MR) is 30.1 cm³/mol. The minimum Gasteiger partial charge on any atom is -0.299 e. The van der Waals surface area contributed by atoms with E-state index in [-0.39, 0.29) is 5.92 Å². The fraction of sp³-hybridized carbons (Fsp3) is 0.833.